The Morgan fingerprint density at radius 2 is 1.88 bits per heavy atom. The molecule has 1 amide bonds. The Morgan fingerprint density at radius 3 is 2.50 bits per heavy atom. The minimum absolute atomic E-state index is 0.111. The van der Waals surface area contributed by atoms with E-state index in [1.807, 2.05) is 18.2 Å². The number of amides is 1. The Kier molecular flexibility index (Phi) is 6.39. The SMILES string of the molecule is CC(=O)N[C@@H](Cc1cc(F)cc(F)c1)[C@H](O)CNC1(c2cccc(-c3ccoc3)c2)CC1. The summed E-state index contributed by atoms with van der Waals surface area (Å²) in [6.07, 6.45) is 4.35. The van der Waals surface area contributed by atoms with Crippen LogP contribution in [0.1, 0.15) is 30.9 Å². The van der Waals surface area contributed by atoms with E-state index in [0.29, 0.717) is 5.56 Å². The minimum atomic E-state index is -0.945. The second-order valence-electron chi connectivity index (χ2n) is 8.41. The molecule has 5 nitrogen and oxygen atoms in total. The summed E-state index contributed by atoms with van der Waals surface area (Å²) in [7, 11) is 0. The highest BCUT2D eigenvalue weighted by Gasteiger charge is 2.44. The minimum Gasteiger partial charge on any atom is -0.472 e. The first-order valence-corrected chi connectivity index (χ1v) is 10.6. The molecule has 168 valence electrons. The lowest BCUT2D eigenvalue weighted by molar-refractivity contribution is -0.120. The van der Waals surface area contributed by atoms with Crippen LogP contribution in [0.5, 0.6) is 0 Å². The number of furan rings is 1. The van der Waals surface area contributed by atoms with Gasteiger partial charge in [-0.25, -0.2) is 8.78 Å². The van der Waals surface area contributed by atoms with E-state index in [0.717, 1.165) is 35.6 Å². The third kappa shape index (κ3) is 5.23. The maximum Gasteiger partial charge on any atom is 0.217 e. The average Bonchev–Trinajstić information content (AvgIpc) is 3.33. The smallest absolute Gasteiger partial charge is 0.217 e. The fourth-order valence-electron chi connectivity index (χ4n) is 4.09. The third-order valence-corrected chi connectivity index (χ3v) is 5.90. The molecule has 0 unspecified atom stereocenters. The molecule has 1 aromatic heterocycles. The van der Waals surface area contributed by atoms with Gasteiger partial charge in [0, 0.05) is 30.6 Å². The van der Waals surface area contributed by atoms with E-state index in [1.54, 1.807) is 12.5 Å². The lowest BCUT2D eigenvalue weighted by Crippen LogP contribution is -2.49. The Bertz CT molecular complexity index is 1060. The van der Waals surface area contributed by atoms with Crippen LogP contribution >= 0.6 is 0 Å². The third-order valence-electron chi connectivity index (χ3n) is 5.90. The molecule has 32 heavy (non-hydrogen) atoms. The summed E-state index contributed by atoms with van der Waals surface area (Å²) < 4.78 is 32.3. The largest absolute Gasteiger partial charge is 0.472 e. The van der Waals surface area contributed by atoms with E-state index >= 15 is 0 Å². The number of carbonyl (C=O) groups excluding carboxylic acids is 1. The predicted molar refractivity (Wildman–Crippen MR) is 117 cm³/mol. The second-order valence-corrected chi connectivity index (χ2v) is 8.41. The quantitative estimate of drug-likeness (QED) is 0.472. The van der Waals surface area contributed by atoms with E-state index in [4.69, 9.17) is 4.42 Å². The number of rotatable bonds is 9. The molecule has 0 saturated heterocycles. The zero-order valence-corrected chi connectivity index (χ0v) is 17.8. The maximum atomic E-state index is 13.6. The van der Waals surface area contributed by atoms with Crippen molar-refractivity contribution in [3.05, 3.63) is 83.8 Å². The van der Waals surface area contributed by atoms with Crippen molar-refractivity contribution < 1.29 is 23.1 Å². The van der Waals surface area contributed by atoms with Crippen molar-refractivity contribution in [1.29, 1.82) is 0 Å². The molecule has 2 atom stereocenters. The molecular formula is C25H26F2N2O3. The van der Waals surface area contributed by atoms with Crippen LogP contribution in [-0.2, 0) is 16.8 Å². The highest BCUT2D eigenvalue weighted by Crippen LogP contribution is 2.46. The van der Waals surface area contributed by atoms with Gasteiger partial charge in [-0.15, -0.1) is 0 Å². The number of hydrogen-bond acceptors (Lipinski definition) is 4. The van der Waals surface area contributed by atoms with Gasteiger partial charge in [-0.3, -0.25) is 4.79 Å². The highest BCUT2D eigenvalue weighted by molar-refractivity contribution is 5.73. The first kappa shape index (κ1) is 22.2. The van der Waals surface area contributed by atoms with Crippen molar-refractivity contribution in [2.75, 3.05) is 6.54 Å². The Morgan fingerprint density at radius 1 is 1.12 bits per heavy atom. The summed E-state index contributed by atoms with van der Waals surface area (Å²) in [6.45, 7) is 1.57. The van der Waals surface area contributed by atoms with Gasteiger partial charge in [0.25, 0.3) is 0 Å². The van der Waals surface area contributed by atoms with Gasteiger partial charge in [-0.2, -0.15) is 0 Å². The number of benzene rings is 2. The molecule has 3 aromatic rings. The molecule has 1 aliphatic carbocycles. The molecule has 4 rings (SSSR count). The lowest BCUT2D eigenvalue weighted by atomic mass is 9.97. The standard InChI is InChI=1S/C25H26F2N2O3/c1-16(30)29-23(11-17-9-21(26)13-22(27)10-17)24(31)14-28-25(6-7-25)20-4-2-3-18(12-20)19-5-8-32-15-19/h2-5,8-10,12-13,15,23-24,28,31H,6-7,11,14H2,1H3,(H,29,30)/t23-,24+/m0/s1. The van der Waals surface area contributed by atoms with Crippen molar-refractivity contribution >= 4 is 5.91 Å². The van der Waals surface area contributed by atoms with Gasteiger partial charge in [0.05, 0.1) is 24.7 Å². The molecule has 1 fully saturated rings. The van der Waals surface area contributed by atoms with Crippen LogP contribution in [0.3, 0.4) is 0 Å². The summed E-state index contributed by atoms with van der Waals surface area (Å²) in [5, 5.41) is 17.0. The summed E-state index contributed by atoms with van der Waals surface area (Å²) >= 11 is 0. The zero-order chi connectivity index (χ0) is 22.7. The number of halogens is 2. The summed E-state index contributed by atoms with van der Waals surface area (Å²) in [5.41, 5.74) is 3.29. The molecule has 3 N–H and O–H groups in total. The van der Waals surface area contributed by atoms with E-state index in [1.165, 1.54) is 19.1 Å². The van der Waals surface area contributed by atoms with Gasteiger partial charge in [0.15, 0.2) is 0 Å². The fourth-order valence-corrected chi connectivity index (χ4v) is 4.09. The van der Waals surface area contributed by atoms with Crippen LogP contribution in [0.15, 0.2) is 65.5 Å². The van der Waals surface area contributed by atoms with Crippen LogP contribution in [-0.4, -0.2) is 29.7 Å². The van der Waals surface area contributed by atoms with Crippen LogP contribution in [0.25, 0.3) is 11.1 Å². The van der Waals surface area contributed by atoms with E-state index in [-0.39, 0.29) is 24.4 Å². The fraction of sp³-hybridized carbons (Fsp3) is 0.320. The summed E-state index contributed by atoms with van der Waals surface area (Å²) in [4.78, 5) is 11.7. The normalized spacial score (nSPS) is 16.4. The molecule has 7 heteroatoms. The van der Waals surface area contributed by atoms with Crippen LogP contribution in [0, 0.1) is 11.6 Å². The first-order chi connectivity index (χ1) is 15.3. The Balaban J connectivity index is 1.45. The van der Waals surface area contributed by atoms with Gasteiger partial charge >= 0.3 is 0 Å². The van der Waals surface area contributed by atoms with Crippen molar-refractivity contribution in [3.8, 4) is 11.1 Å². The van der Waals surface area contributed by atoms with Crippen LogP contribution in [0.4, 0.5) is 8.78 Å². The number of hydrogen-bond donors (Lipinski definition) is 3. The molecule has 0 aliphatic heterocycles. The predicted octanol–water partition coefficient (Wildman–Crippen LogP) is 3.91. The molecule has 0 spiro atoms. The molecule has 0 bridgehead atoms. The molecule has 1 heterocycles. The Hall–Kier alpha value is -3.03. The van der Waals surface area contributed by atoms with Crippen molar-refractivity contribution in [1.82, 2.24) is 10.6 Å². The van der Waals surface area contributed by atoms with Crippen molar-refractivity contribution in [2.24, 2.45) is 0 Å². The highest BCUT2D eigenvalue weighted by atomic mass is 19.1. The monoisotopic (exact) mass is 440 g/mol. The molecule has 1 saturated carbocycles. The van der Waals surface area contributed by atoms with Crippen molar-refractivity contribution in [3.63, 3.8) is 0 Å². The number of nitrogens with one attached hydrogen (secondary N) is 2. The number of carbonyl (C=O) groups is 1. The Labute approximate surface area is 185 Å². The summed E-state index contributed by atoms with van der Waals surface area (Å²) in [5.74, 6) is -1.70. The average molecular weight is 440 g/mol. The molecule has 2 aromatic carbocycles. The van der Waals surface area contributed by atoms with Crippen LogP contribution < -0.4 is 10.6 Å². The van der Waals surface area contributed by atoms with E-state index in [9.17, 15) is 18.7 Å². The van der Waals surface area contributed by atoms with Gasteiger partial charge < -0.3 is 20.2 Å². The van der Waals surface area contributed by atoms with Gasteiger partial charge in [0.1, 0.15) is 11.6 Å². The molecule has 1 aliphatic rings. The van der Waals surface area contributed by atoms with E-state index in [2.05, 4.69) is 22.8 Å². The second kappa shape index (κ2) is 9.22. The maximum absolute atomic E-state index is 13.6. The van der Waals surface area contributed by atoms with Gasteiger partial charge in [-0.05, 0) is 60.2 Å². The first-order valence-electron chi connectivity index (χ1n) is 10.6. The van der Waals surface area contributed by atoms with Gasteiger partial charge in [0.2, 0.25) is 5.91 Å². The topological polar surface area (TPSA) is 74.5 Å². The van der Waals surface area contributed by atoms with Crippen LogP contribution in [0.2, 0.25) is 0 Å². The zero-order valence-electron chi connectivity index (χ0n) is 17.8. The van der Waals surface area contributed by atoms with Crippen molar-refractivity contribution in [2.45, 2.75) is 43.9 Å². The van der Waals surface area contributed by atoms with Gasteiger partial charge in [-0.1, -0.05) is 18.2 Å². The molecule has 0 radical (unpaired) electrons. The molecular weight excluding hydrogens is 414 g/mol. The van der Waals surface area contributed by atoms with E-state index < -0.39 is 23.8 Å². The lowest BCUT2D eigenvalue weighted by Gasteiger charge is -2.27. The number of aliphatic hydroxyl groups excluding tert-OH is 1. The summed E-state index contributed by atoms with van der Waals surface area (Å²) in [6, 6.07) is 12.6. The number of aliphatic hydroxyl groups is 1.